The van der Waals surface area contributed by atoms with Crippen molar-refractivity contribution in [3.8, 4) is 22.8 Å². The molecule has 1 aromatic heterocycles. The first-order chi connectivity index (χ1) is 21.6. The summed E-state index contributed by atoms with van der Waals surface area (Å²) < 4.78 is 0. The predicted molar refractivity (Wildman–Crippen MR) is 182 cm³/mol. The first-order valence-corrected chi connectivity index (χ1v) is 14.4. The highest BCUT2D eigenvalue weighted by atomic mass is 15.1. The second-order valence-corrected chi connectivity index (χ2v) is 10.1. The molecule has 3 aliphatic rings. The molecule has 216 valence electrons. The fourth-order valence-corrected chi connectivity index (χ4v) is 5.37. The Balaban J connectivity index is 1.83. The van der Waals surface area contributed by atoms with E-state index < -0.39 is 0 Å². The van der Waals surface area contributed by atoms with Crippen molar-refractivity contribution in [1.29, 1.82) is 0 Å². The topological polar surface area (TPSA) is 101 Å². The van der Waals surface area contributed by atoms with Crippen LogP contribution in [0.5, 0.6) is 0 Å². The van der Waals surface area contributed by atoms with Crippen LogP contribution in [0.4, 0.5) is 11.6 Å². The summed E-state index contributed by atoms with van der Waals surface area (Å²) in [6, 6.07) is 16.1. The number of fused-ring (bicyclic) bond motifs is 7. The van der Waals surface area contributed by atoms with Crippen LogP contribution in [0.3, 0.4) is 0 Å². The van der Waals surface area contributed by atoms with Crippen molar-refractivity contribution in [2.24, 2.45) is 0 Å². The summed E-state index contributed by atoms with van der Waals surface area (Å²) in [6.45, 7) is 12.5. The number of allylic oxidation sites excluding steroid dienone is 6. The summed E-state index contributed by atoms with van der Waals surface area (Å²) in [4.78, 5) is 29.8. The minimum absolute atomic E-state index is 0.463. The van der Waals surface area contributed by atoms with E-state index >= 15 is 0 Å². The van der Waals surface area contributed by atoms with Gasteiger partial charge in [-0.15, -0.1) is 0 Å². The van der Waals surface area contributed by atoms with Gasteiger partial charge in [0.1, 0.15) is 11.6 Å². The monoisotopic (exact) mass is 576 g/mol. The molecule has 0 amide bonds. The van der Waals surface area contributed by atoms with E-state index in [-0.39, 0.29) is 0 Å². The molecule has 3 aromatic rings. The highest BCUT2D eigenvalue weighted by molar-refractivity contribution is 6.00. The highest BCUT2D eigenvalue weighted by Gasteiger charge is 2.22. The second kappa shape index (κ2) is 12.2. The first kappa shape index (κ1) is 28.4. The van der Waals surface area contributed by atoms with E-state index in [1.807, 2.05) is 87.7 Å². The zero-order valence-electron chi connectivity index (χ0n) is 25.0. The Labute approximate surface area is 256 Å². The van der Waals surface area contributed by atoms with Crippen LogP contribution < -0.4 is 10.6 Å². The van der Waals surface area contributed by atoms with E-state index in [0.717, 1.165) is 49.9 Å². The van der Waals surface area contributed by atoms with Crippen LogP contribution in [0.1, 0.15) is 42.3 Å². The number of nitrogens with zero attached hydrogens (tertiary/aromatic N) is 6. The number of aromatic nitrogens is 6. The minimum atomic E-state index is 0.463. The van der Waals surface area contributed by atoms with Gasteiger partial charge in [-0.3, -0.25) is 0 Å². The lowest BCUT2D eigenvalue weighted by Gasteiger charge is -2.14. The molecular weight excluding hydrogens is 544 g/mol. The van der Waals surface area contributed by atoms with Crippen LogP contribution in [0, 0.1) is 0 Å². The summed E-state index contributed by atoms with van der Waals surface area (Å²) in [6.07, 6.45) is 13.1. The van der Waals surface area contributed by atoms with Crippen LogP contribution in [-0.4, -0.2) is 37.0 Å². The lowest BCUT2D eigenvalue weighted by Crippen LogP contribution is -2.08. The first-order valence-electron chi connectivity index (χ1n) is 14.4. The molecular formula is C36H32N8. The number of benzene rings is 2. The molecule has 8 heteroatoms. The summed E-state index contributed by atoms with van der Waals surface area (Å²) in [7, 11) is 1.84. The fraction of sp³-hybridized carbons (Fsp3) is 0.111. The molecule has 6 bridgehead atoms. The van der Waals surface area contributed by atoms with Gasteiger partial charge in [-0.2, -0.15) is 0 Å². The maximum Gasteiger partial charge on any atom is 0.164 e. The van der Waals surface area contributed by atoms with Crippen LogP contribution in [-0.2, 0) is 6.54 Å². The zero-order chi connectivity index (χ0) is 30.6. The van der Waals surface area contributed by atoms with E-state index in [1.54, 1.807) is 18.3 Å². The average Bonchev–Trinajstić information content (AvgIpc) is 3.57. The maximum atomic E-state index is 5.10. The summed E-state index contributed by atoms with van der Waals surface area (Å²) in [5.41, 5.74) is 5.88. The Bertz CT molecular complexity index is 2020. The standard InChI is InChI=1S/C36H32N8/c1-6-14-24-22(8-3)20-38-32-26(15-7-2)23(9-4)34(42-32)43-33-27-17-11-10-16-25(27)30(21-39-33)40-35-28-18-12-13-19-29(28)36(44-35)41-31(24)37-5/h6-20H,3-4,21H2,1-2,5H3,(H,37,40,41,44)(H,38,39,42,43)/b14-6-,15-7-. The summed E-state index contributed by atoms with van der Waals surface area (Å²) in [5, 5.41) is 8.64. The van der Waals surface area contributed by atoms with Crippen LogP contribution in [0.2, 0.25) is 0 Å². The van der Waals surface area contributed by atoms with Crippen molar-refractivity contribution in [2.45, 2.75) is 20.4 Å². The smallest absolute Gasteiger partial charge is 0.164 e. The molecule has 2 N–H and O–H groups in total. The van der Waals surface area contributed by atoms with Gasteiger partial charge in [0.15, 0.2) is 23.3 Å². The summed E-state index contributed by atoms with van der Waals surface area (Å²) in [5.74, 6) is 3.55. The third-order valence-electron chi connectivity index (χ3n) is 7.42. The molecule has 0 saturated carbocycles. The Kier molecular flexibility index (Phi) is 7.88. The number of rotatable bonds is 5. The average molecular weight is 577 g/mol. The molecule has 0 radical (unpaired) electrons. The van der Waals surface area contributed by atoms with Gasteiger partial charge in [0.25, 0.3) is 0 Å². The predicted octanol–water partition coefficient (Wildman–Crippen LogP) is 7.86. The molecule has 3 aliphatic heterocycles. The highest BCUT2D eigenvalue weighted by Crippen LogP contribution is 2.35. The normalized spacial score (nSPS) is 12.9. The third kappa shape index (κ3) is 5.07. The van der Waals surface area contributed by atoms with Gasteiger partial charge in [0, 0.05) is 57.4 Å². The molecule has 0 unspecified atom stereocenters. The number of anilines is 2. The lowest BCUT2D eigenvalue weighted by molar-refractivity contribution is 1.02. The minimum Gasteiger partial charge on any atom is -0.373 e. The Hall–Kier alpha value is -5.76. The van der Waals surface area contributed by atoms with E-state index in [9.17, 15) is 0 Å². The number of hydrogen-bond acceptors (Lipinski definition) is 8. The van der Waals surface area contributed by atoms with Crippen LogP contribution in [0.15, 0.2) is 92.2 Å². The van der Waals surface area contributed by atoms with Crippen molar-refractivity contribution in [1.82, 2.24) is 29.9 Å². The molecule has 4 heterocycles. The van der Waals surface area contributed by atoms with Crippen LogP contribution in [0.25, 0.3) is 56.8 Å². The van der Waals surface area contributed by atoms with Gasteiger partial charge < -0.3 is 10.6 Å². The van der Waals surface area contributed by atoms with Crippen molar-refractivity contribution in [3.05, 3.63) is 121 Å². The van der Waals surface area contributed by atoms with Crippen molar-refractivity contribution >= 4 is 45.7 Å². The number of nitrogens with one attached hydrogen (secondary N) is 2. The Morgan fingerprint density at radius 2 is 1.41 bits per heavy atom. The molecule has 0 fully saturated rings. The molecule has 0 spiro atoms. The maximum absolute atomic E-state index is 5.10. The largest absolute Gasteiger partial charge is 0.373 e. The number of hydrogen-bond donors (Lipinski definition) is 2. The molecule has 0 aliphatic carbocycles. The van der Waals surface area contributed by atoms with E-state index in [1.165, 1.54) is 0 Å². The van der Waals surface area contributed by atoms with E-state index in [4.69, 9.17) is 29.9 Å². The van der Waals surface area contributed by atoms with Crippen molar-refractivity contribution < 1.29 is 0 Å². The van der Waals surface area contributed by atoms with E-state index in [0.29, 0.717) is 41.5 Å². The molecule has 2 aromatic carbocycles. The van der Waals surface area contributed by atoms with Crippen molar-refractivity contribution in [2.75, 3.05) is 17.7 Å². The lowest BCUT2D eigenvalue weighted by atomic mass is 10.1. The zero-order valence-corrected chi connectivity index (χ0v) is 25.0. The SMILES string of the molecule is C=CC1=C(/C=C\C)c2ncc(C=C)c(/C=C\C)c(NC)nc3nc(nc4c5ccccc5c(nc1n2)NC4)-c1ccccc1-3. The second-order valence-electron chi connectivity index (χ2n) is 10.1. The van der Waals surface area contributed by atoms with Crippen LogP contribution >= 0.6 is 0 Å². The summed E-state index contributed by atoms with van der Waals surface area (Å²) >= 11 is 0. The van der Waals surface area contributed by atoms with Gasteiger partial charge in [0.2, 0.25) is 0 Å². The molecule has 0 saturated heterocycles. The van der Waals surface area contributed by atoms with Crippen molar-refractivity contribution in [3.63, 3.8) is 0 Å². The fourth-order valence-electron chi connectivity index (χ4n) is 5.37. The van der Waals surface area contributed by atoms with Gasteiger partial charge in [-0.25, -0.2) is 29.9 Å². The molecule has 6 rings (SSSR count). The molecule has 44 heavy (non-hydrogen) atoms. The van der Waals surface area contributed by atoms with E-state index in [2.05, 4.69) is 29.9 Å². The molecule has 0 atom stereocenters. The van der Waals surface area contributed by atoms with Gasteiger partial charge in [-0.05, 0) is 13.8 Å². The van der Waals surface area contributed by atoms with Gasteiger partial charge >= 0.3 is 0 Å². The van der Waals surface area contributed by atoms with Gasteiger partial charge in [-0.1, -0.05) is 98.1 Å². The van der Waals surface area contributed by atoms with Gasteiger partial charge in [0.05, 0.1) is 12.2 Å². The Morgan fingerprint density at radius 1 is 0.727 bits per heavy atom. The Morgan fingerprint density at radius 3 is 2.09 bits per heavy atom. The quantitative estimate of drug-likeness (QED) is 0.248. The molecule has 8 nitrogen and oxygen atoms in total. The third-order valence-corrected chi connectivity index (χ3v) is 7.42.